The Morgan fingerprint density at radius 2 is 2.38 bits per heavy atom. The molecule has 1 aromatic heterocycles. The lowest BCUT2D eigenvalue weighted by Crippen LogP contribution is -2.08. The molecule has 5 heteroatoms. The number of hydrogen-bond acceptors (Lipinski definition) is 5. The van der Waals surface area contributed by atoms with Gasteiger partial charge in [0.25, 0.3) is 0 Å². The number of ether oxygens (including phenoxy) is 2. The van der Waals surface area contributed by atoms with E-state index in [0.29, 0.717) is 13.2 Å². The van der Waals surface area contributed by atoms with Gasteiger partial charge in [0.1, 0.15) is 0 Å². The maximum atomic E-state index is 11.2. The molecule has 90 valence electrons. The summed E-state index contributed by atoms with van der Waals surface area (Å²) in [6.45, 7) is 4.91. The molecule has 0 N–H and O–H groups in total. The fourth-order valence-electron chi connectivity index (χ4n) is 1.31. The molecule has 1 rings (SSSR count). The Morgan fingerprint density at radius 3 is 3.00 bits per heavy atom. The molecular formula is C11H17NO3S. The summed E-state index contributed by atoms with van der Waals surface area (Å²) in [5.74, 6) is 0.0460. The van der Waals surface area contributed by atoms with Crippen LogP contribution in [0.3, 0.4) is 0 Å². The van der Waals surface area contributed by atoms with E-state index in [0.717, 1.165) is 10.7 Å². The van der Waals surface area contributed by atoms with Gasteiger partial charge >= 0.3 is 5.97 Å². The van der Waals surface area contributed by atoms with Crippen molar-refractivity contribution < 1.29 is 14.3 Å². The van der Waals surface area contributed by atoms with Crippen molar-refractivity contribution in [1.29, 1.82) is 0 Å². The zero-order valence-corrected chi connectivity index (χ0v) is 10.7. The van der Waals surface area contributed by atoms with Crippen LogP contribution < -0.4 is 0 Å². The number of rotatable bonds is 6. The molecule has 1 unspecified atom stereocenters. The predicted octanol–water partition coefficient (Wildman–Crippen LogP) is 2.00. The molecule has 0 saturated heterocycles. The summed E-state index contributed by atoms with van der Waals surface area (Å²) in [6, 6.07) is 0. The first-order chi connectivity index (χ1) is 7.67. The van der Waals surface area contributed by atoms with Crippen molar-refractivity contribution >= 4 is 17.3 Å². The van der Waals surface area contributed by atoms with Crippen molar-refractivity contribution in [2.75, 3.05) is 20.3 Å². The highest BCUT2D eigenvalue weighted by molar-refractivity contribution is 7.09. The average Bonchev–Trinajstić information content (AvgIpc) is 2.67. The molecule has 0 aliphatic heterocycles. The number of nitrogens with zero attached hydrogens (tertiary/aromatic N) is 1. The second kappa shape index (κ2) is 6.60. The number of hydrogen-bond donors (Lipinski definition) is 0. The monoisotopic (exact) mass is 243 g/mol. The van der Waals surface area contributed by atoms with Crippen LogP contribution in [0.25, 0.3) is 0 Å². The highest BCUT2D eigenvalue weighted by Crippen LogP contribution is 2.20. The van der Waals surface area contributed by atoms with E-state index in [1.165, 1.54) is 0 Å². The molecule has 1 atom stereocenters. The molecule has 1 aromatic rings. The minimum atomic E-state index is -0.223. The van der Waals surface area contributed by atoms with Gasteiger partial charge in [0.15, 0.2) is 0 Å². The predicted molar refractivity (Wildman–Crippen MR) is 62.7 cm³/mol. The van der Waals surface area contributed by atoms with Gasteiger partial charge in [-0.2, -0.15) is 0 Å². The lowest BCUT2D eigenvalue weighted by atomic mass is 10.2. The van der Waals surface area contributed by atoms with Crippen molar-refractivity contribution in [2.24, 2.45) is 0 Å². The number of carbonyl (C=O) groups excluding carboxylic acids is 1. The Bertz CT molecular complexity index is 338. The molecule has 0 bridgehead atoms. The Labute approximate surface area is 99.6 Å². The van der Waals surface area contributed by atoms with Gasteiger partial charge in [0.2, 0.25) is 0 Å². The third-order valence-corrected chi connectivity index (χ3v) is 3.16. The lowest BCUT2D eigenvalue weighted by Gasteiger charge is -2.05. The van der Waals surface area contributed by atoms with E-state index in [4.69, 9.17) is 9.47 Å². The molecule has 0 radical (unpaired) electrons. The van der Waals surface area contributed by atoms with Gasteiger partial charge in [0, 0.05) is 18.4 Å². The van der Waals surface area contributed by atoms with Crippen LogP contribution in [0.1, 0.15) is 30.5 Å². The minimum absolute atomic E-state index is 0.223. The van der Waals surface area contributed by atoms with Crippen LogP contribution in [0, 0.1) is 0 Å². The third kappa shape index (κ3) is 3.90. The maximum absolute atomic E-state index is 11.2. The van der Waals surface area contributed by atoms with E-state index in [1.54, 1.807) is 25.4 Å². The van der Waals surface area contributed by atoms with Gasteiger partial charge in [0.05, 0.1) is 30.3 Å². The van der Waals surface area contributed by atoms with Gasteiger partial charge in [-0.1, -0.05) is 6.92 Å². The Hall–Kier alpha value is -0.940. The molecule has 0 amide bonds. The van der Waals surface area contributed by atoms with Gasteiger partial charge in [-0.3, -0.25) is 4.79 Å². The second-order valence-corrected chi connectivity index (χ2v) is 4.40. The van der Waals surface area contributed by atoms with Crippen LogP contribution in [-0.2, 0) is 20.7 Å². The highest BCUT2D eigenvalue weighted by atomic mass is 32.1. The summed E-state index contributed by atoms with van der Waals surface area (Å²) in [5, 5.41) is 2.90. The number of methoxy groups -OCH3 is 1. The summed E-state index contributed by atoms with van der Waals surface area (Å²) in [6.07, 6.45) is 0.254. The van der Waals surface area contributed by atoms with E-state index < -0.39 is 0 Å². The zero-order chi connectivity index (χ0) is 12.0. The normalized spacial score (nSPS) is 12.4. The van der Waals surface area contributed by atoms with E-state index in [-0.39, 0.29) is 18.3 Å². The molecule has 4 nitrogen and oxygen atoms in total. The van der Waals surface area contributed by atoms with Crippen molar-refractivity contribution in [3.8, 4) is 0 Å². The van der Waals surface area contributed by atoms with Crippen LogP contribution >= 0.6 is 11.3 Å². The first kappa shape index (κ1) is 13.1. The first-order valence-electron chi connectivity index (χ1n) is 5.26. The molecule has 0 aliphatic carbocycles. The van der Waals surface area contributed by atoms with Crippen LogP contribution in [0.2, 0.25) is 0 Å². The summed E-state index contributed by atoms with van der Waals surface area (Å²) in [5.41, 5.74) is 0.779. The van der Waals surface area contributed by atoms with Crippen LogP contribution in [0.15, 0.2) is 5.38 Å². The third-order valence-electron chi connectivity index (χ3n) is 2.04. The Kier molecular flexibility index (Phi) is 5.42. The Balaban J connectivity index is 2.54. The van der Waals surface area contributed by atoms with Crippen LogP contribution in [0.4, 0.5) is 0 Å². The van der Waals surface area contributed by atoms with Crippen LogP contribution in [0.5, 0.6) is 0 Å². The summed E-state index contributed by atoms with van der Waals surface area (Å²) >= 11 is 1.56. The van der Waals surface area contributed by atoms with Crippen molar-refractivity contribution in [3.05, 3.63) is 16.1 Å². The van der Waals surface area contributed by atoms with Gasteiger partial charge < -0.3 is 9.47 Å². The average molecular weight is 243 g/mol. The highest BCUT2D eigenvalue weighted by Gasteiger charge is 2.12. The fraction of sp³-hybridized carbons (Fsp3) is 0.636. The largest absolute Gasteiger partial charge is 0.466 e. The molecule has 0 fully saturated rings. The van der Waals surface area contributed by atoms with Crippen molar-refractivity contribution in [1.82, 2.24) is 4.98 Å². The van der Waals surface area contributed by atoms with Crippen molar-refractivity contribution in [2.45, 2.75) is 26.2 Å². The van der Waals surface area contributed by atoms with Gasteiger partial charge in [-0.15, -0.1) is 11.3 Å². The summed E-state index contributed by atoms with van der Waals surface area (Å²) in [7, 11) is 1.67. The standard InChI is InChI=1S/C11H17NO3S/c1-4-15-10(13)5-9-7-16-11(12-9)8(2)6-14-3/h7-8H,4-6H2,1-3H3. The summed E-state index contributed by atoms with van der Waals surface area (Å²) in [4.78, 5) is 15.6. The van der Waals surface area contributed by atoms with Crippen LogP contribution in [-0.4, -0.2) is 31.3 Å². The molecule has 0 aliphatic rings. The number of aromatic nitrogens is 1. The van der Waals surface area contributed by atoms with Crippen molar-refractivity contribution in [3.63, 3.8) is 0 Å². The molecule has 0 spiro atoms. The first-order valence-corrected chi connectivity index (χ1v) is 6.14. The minimum Gasteiger partial charge on any atom is -0.466 e. The SMILES string of the molecule is CCOC(=O)Cc1csc(C(C)COC)n1. The number of carbonyl (C=O) groups is 1. The molecule has 0 saturated carbocycles. The van der Waals surface area contributed by atoms with E-state index in [9.17, 15) is 4.79 Å². The fourth-order valence-corrected chi connectivity index (χ4v) is 2.17. The van der Waals surface area contributed by atoms with E-state index in [2.05, 4.69) is 11.9 Å². The molecule has 16 heavy (non-hydrogen) atoms. The second-order valence-electron chi connectivity index (χ2n) is 3.52. The lowest BCUT2D eigenvalue weighted by molar-refractivity contribution is -0.142. The van der Waals surface area contributed by atoms with Gasteiger partial charge in [-0.25, -0.2) is 4.98 Å². The molecular weight excluding hydrogens is 226 g/mol. The smallest absolute Gasteiger partial charge is 0.311 e. The maximum Gasteiger partial charge on any atom is 0.311 e. The van der Waals surface area contributed by atoms with Gasteiger partial charge in [-0.05, 0) is 6.92 Å². The van der Waals surface area contributed by atoms with E-state index in [1.807, 2.05) is 5.38 Å². The van der Waals surface area contributed by atoms with E-state index >= 15 is 0 Å². The summed E-state index contributed by atoms with van der Waals surface area (Å²) < 4.78 is 9.93. The topological polar surface area (TPSA) is 48.4 Å². The molecule has 1 heterocycles. The Morgan fingerprint density at radius 1 is 1.62 bits per heavy atom. The quantitative estimate of drug-likeness (QED) is 0.717. The number of thiazole rings is 1. The number of esters is 1. The molecule has 0 aromatic carbocycles. The zero-order valence-electron chi connectivity index (χ0n) is 9.86.